The second kappa shape index (κ2) is 6.18. The SMILES string of the molecule is CC(C(=O)NCc1cccs1)n1c2ccccc2c2cn[nH]c(=O)c21. The van der Waals surface area contributed by atoms with Crippen molar-refractivity contribution in [3.8, 4) is 0 Å². The molecule has 0 bridgehead atoms. The second-order valence-electron chi connectivity index (χ2n) is 5.82. The Morgan fingerprint density at radius 2 is 2.12 bits per heavy atom. The van der Waals surface area contributed by atoms with Crippen molar-refractivity contribution in [2.24, 2.45) is 0 Å². The third kappa shape index (κ3) is 2.62. The number of para-hydroxylation sites is 1. The standard InChI is InChI=1S/C18H16N4O2S/c1-11(17(23)19-9-12-5-4-8-25-12)22-15-7-3-2-6-13(15)14-10-20-21-18(24)16(14)22/h2-8,10-11H,9H2,1H3,(H,19,23)(H,21,24). The Bertz CT molecular complexity index is 1110. The van der Waals surface area contributed by atoms with Crippen LogP contribution in [0.1, 0.15) is 17.8 Å². The minimum Gasteiger partial charge on any atom is -0.349 e. The van der Waals surface area contributed by atoms with Crippen molar-refractivity contribution in [1.82, 2.24) is 20.1 Å². The molecular weight excluding hydrogens is 336 g/mol. The van der Waals surface area contributed by atoms with Gasteiger partial charge in [0, 0.05) is 15.6 Å². The molecule has 1 unspecified atom stereocenters. The molecule has 0 radical (unpaired) electrons. The lowest BCUT2D eigenvalue weighted by atomic mass is 10.2. The van der Waals surface area contributed by atoms with Crippen LogP contribution in [0.25, 0.3) is 21.8 Å². The number of aromatic nitrogens is 3. The Morgan fingerprint density at radius 1 is 1.28 bits per heavy atom. The molecule has 0 saturated carbocycles. The van der Waals surface area contributed by atoms with Crippen molar-refractivity contribution < 1.29 is 4.79 Å². The molecule has 0 aliphatic rings. The van der Waals surface area contributed by atoms with E-state index in [9.17, 15) is 9.59 Å². The molecule has 6 nitrogen and oxygen atoms in total. The number of aromatic amines is 1. The summed E-state index contributed by atoms with van der Waals surface area (Å²) >= 11 is 1.60. The molecule has 4 rings (SSSR count). The van der Waals surface area contributed by atoms with Gasteiger partial charge in [0.15, 0.2) is 0 Å². The average molecular weight is 352 g/mol. The summed E-state index contributed by atoms with van der Waals surface area (Å²) in [6, 6.07) is 11.1. The minimum absolute atomic E-state index is 0.132. The Kier molecular flexibility index (Phi) is 3.85. The van der Waals surface area contributed by atoms with E-state index in [4.69, 9.17) is 0 Å². The number of fused-ring (bicyclic) bond motifs is 3. The van der Waals surface area contributed by atoms with Gasteiger partial charge in [0.05, 0.1) is 18.3 Å². The first kappa shape index (κ1) is 15.6. The molecule has 0 saturated heterocycles. The Balaban J connectivity index is 1.78. The zero-order chi connectivity index (χ0) is 17.4. The van der Waals surface area contributed by atoms with Gasteiger partial charge < -0.3 is 9.88 Å². The molecule has 1 aromatic carbocycles. The molecule has 25 heavy (non-hydrogen) atoms. The number of hydrogen-bond donors (Lipinski definition) is 2. The number of carbonyl (C=O) groups is 1. The van der Waals surface area contributed by atoms with Crippen LogP contribution in [0.2, 0.25) is 0 Å². The largest absolute Gasteiger partial charge is 0.349 e. The van der Waals surface area contributed by atoms with Crippen LogP contribution < -0.4 is 10.9 Å². The van der Waals surface area contributed by atoms with Gasteiger partial charge in [-0.3, -0.25) is 9.59 Å². The van der Waals surface area contributed by atoms with Crippen LogP contribution in [-0.2, 0) is 11.3 Å². The van der Waals surface area contributed by atoms with Gasteiger partial charge in [0.2, 0.25) is 5.91 Å². The Morgan fingerprint density at radius 3 is 2.92 bits per heavy atom. The van der Waals surface area contributed by atoms with E-state index in [2.05, 4.69) is 15.5 Å². The van der Waals surface area contributed by atoms with Crippen LogP contribution in [-0.4, -0.2) is 20.7 Å². The van der Waals surface area contributed by atoms with Crippen LogP contribution in [0, 0.1) is 0 Å². The first-order chi connectivity index (χ1) is 12.2. The number of thiophene rings is 1. The van der Waals surface area contributed by atoms with Gasteiger partial charge in [-0.25, -0.2) is 5.10 Å². The van der Waals surface area contributed by atoms with Crippen molar-refractivity contribution in [1.29, 1.82) is 0 Å². The fourth-order valence-electron chi connectivity index (χ4n) is 3.11. The number of H-pyrrole nitrogens is 1. The molecule has 7 heteroatoms. The summed E-state index contributed by atoms with van der Waals surface area (Å²) in [5.74, 6) is -0.132. The van der Waals surface area contributed by atoms with Crippen molar-refractivity contribution in [2.75, 3.05) is 0 Å². The lowest BCUT2D eigenvalue weighted by molar-refractivity contribution is -0.123. The van der Waals surface area contributed by atoms with E-state index in [1.54, 1.807) is 29.0 Å². The molecule has 3 heterocycles. The molecular formula is C18H16N4O2S. The molecule has 0 spiro atoms. The maximum Gasteiger partial charge on any atom is 0.288 e. The summed E-state index contributed by atoms with van der Waals surface area (Å²) < 4.78 is 1.79. The molecule has 1 atom stereocenters. The van der Waals surface area contributed by atoms with Gasteiger partial charge in [-0.2, -0.15) is 5.10 Å². The molecule has 0 aliphatic carbocycles. The monoisotopic (exact) mass is 352 g/mol. The highest BCUT2D eigenvalue weighted by Crippen LogP contribution is 2.29. The van der Waals surface area contributed by atoms with Crippen LogP contribution >= 0.6 is 11.3 Å². The highest BCUT2D eigenvalue weighted by atomic mass is 32.1. The van der Waals surface area contributed by atoms with E-state index in [-0.39, 0.29) is 11.5 Å². The summed E-state index contributed by atoms with van der Waals surface area (Å²) in [7, 11) is 0. The normalized spacial score (nSPS) is 12.5. The number of rotatable bonds is 4. The second-order valence-corrected chi connectivity index (χ2v) is 6.85. The van der Waals surface area contributed by atoms with Gasteiger partial charge in [0.1, 0.15) is 11.6 Å². The summed E-state index contributed by atoms with van der Waals surface area (Å²) in [4.78, 5) is 26.1. The van der Waals surface area contributed by atoms with E-state index in [0.717, 1.165) is 21.2 Å². The summed E-state index contributed by atoms with van der Waals surface area (Å²) in [6.45, 7) is 2.28. The molecule has 3 aromatic heterocycles. The lowest BCUT2D eigenvalue weighted by Gasteiger charge is -2.16. The van der Waals surface area contributed by atoms with E-state index in [0.29, 0.717) is 12.1 Å². The molecule has 4 aromatic rings. The van der Waals surface area contributed by atoms with Crippen LogP contribution in [0.3, 0.4) is 0 Å². The first-order valence-electron chi connectivity index (χ1n) is 7.93. The quantitative estimate of drug-likeness (QED) is 0.593. The number of hydrogen-bond acceptors (Lipinski definition) is 4. The maximum absolute atomic E-state index is 12.7. The van der Waals surface area contributed by atoms with E-state index >= 15 is 0 Å². The van der Waals surface area contributed by atoms with E-state index < -0.39 is 6.04 Å². The van der Waals surface area contributed by atoms with Crippen molar-refractivity contribution >= 4 is 39.0 Å². The lowest BCUT2D eigenvalue weighted by Crippen LogP contribution is -2.31. The first-order valence-corrected chi connectivity index (χ1v) is 8.81. The maximum atomic E-state index is 12.7. The number of nitrogens with one attached hydrogen (secondary N) is 2. The van der Waals surface area contributed by atoms with Gasteiger partial charge in [-0.15, -0.1) is 11.3 Å². The van der Waals surface area contributed by atoms with Gasteiger partial charge >= 0.3 is 0 Å². The van der Waals surface area contributed by atoms with Crippen molar-refractivity contribution in [3.63, 3.8) is 0 Å². The topological polar surface area (TPSA) is 79.8 Å². The average Bonchev–Trinajstić information content (AvgIpc) is 3.26. The predicted molar refractivity (Wildman–Crippen MR) is 98.7 cm³/mol. The molecule has 1 amide bonds. The van der Waals surface area contributed by atoms with Crippen LogP contribution in [0.5, 0.6) is 0 Å². The Hall–Kier alpha value is -2.93. The van der Waals surface area contributed by atoms with Gasteiger partial charge in [-0.1, -0.05) is 24.3 Å². The Labute approximate surface area is 147 Å². The van der Waals surface area contributed by atoms with Crippen LogP contribution in [0.15, 0.2) is 52.8 Å². The molecule has 0 fully saturated rings. The number of nitrogens with zero attached hydrogens (tertiary/aromatic N) is 2. The zero-order valence-electron chi connectivity index (χ0n) is 13.5. The third-order valence-electron chi connectivity index (χ3n) is 4.31. The zero-order valence-corrected chi connectivity index (χ0v) is 14.3. The molecule has 0 aliphatic heterocycles. The minimum atomic E-state index is -0.522. The summed E-state index contributed by atoms with van der Waals surface area (Å²) in [5.41, 5.74) is 1.01. The smallest absolute Gasteiger partial charge is 0.288 e. The van der Waals surface area contributed by atoms with Gasteiger partial charge in [0.25, 0.3) is 5.56 Å². The van der Waals surface area contributed by atoms with Crippen molar-refractivity contribution in [2.45, 2.75) is 19.5 Å². The fourth-order valence-corrected chi connectivity index (χ4v) is 3.76. The number of carbonyl (C=O) groups excluding carboxylic acids is 1. The van der Waals surface area contributed by atoms with E-state index in [1.165, 1.54) is 0 Å². The predicted octanol–water partition coefficient (Wildman–Crippen LogP) is 2.82. The van der Waals surface area contributed by atoms with Crippen molar-refractivity contribution in [3.05, 3.63) is 63.2 Å². The summed E-state index contributed by atoms with van der Waals surface area (Å²) in [6.07, 6.45) is 1.63. The molecule has 2 N–H and O–H groups in total. The summed E-state index contributed by atoms with van der Waals surface area (Å²) in [5, 5.41) is 12.9. The van der Waals surface area contributed by atoms with Crippen LogP contribution in [0.4, 0.5) is 0 Å². The highest BCUT2D eigenvalue weighted by molar-refractivity contribution is 7.09. The number of benzene rings is 1. The third-order valence-corrected chi connectivity index (χ3v) is 5.18. The molecule has 126 valence electrons. The number of amides is 1. The highest BCUT2D eigenvalue weighted by Gasteiger charge is 2.22. The fraction of sp³-hybridized carbons (Fsp3) is 0.167. The van der Waals surface area contributed by atoms with Gasteiger partial charge in [-0.05, 0) is 24.4 Å². The van der Waals surface area contributed by atoms with E-state index in [1.807, 2.05) is 41.8 Å².